The van der Waals surface area contributed by atoms with Gasteiger partial charge in [-0.05, 0) is 12.0 Å². The summed E-state index contributed by atoms with van der Waals surface area (Å²) in [5.41, 5.74) is 0.560. The van der Waals surface area contributed by atoms with Crippen molar-refractivity contribution in [2.45, 2.75) is 19.8 Å². The fourth-order valence-corrected chi connectivity index (χ4v) is 3.44. The monoisotopic (exact) mass is 265 g/mol. The molecule has 4 nitrogen and oxygen atoms in total. The van der Waals surface area contributed by atoms with Crippen molar-refractivity contribution in [1.82, 2.24) is 4.31 Å². The van der Waals surface area contributed by atoms with Gasteiger partial charge in [-0.15, -0.1) is 0 Å². The van der Waals surface area contributed by atoms with Crippen LogP contribution in [0.2, 0.25) is 0 Å². The Balaban J connectivity index is 2.35. The Morgan fingerprint density at radius 1 is 1.17 bits per heavy atom. The Morgan fingerprint density at radius 3 is 2.44 bits per heavy atom. The second-order valence-corrected chi connectivity index (χ2v) is 5.97. The lowest BCUT2D eigenvalue weighted by molar-refractivity contribution is -0.121. The number of carbonyl (C=O) groups is 1. The van der Waals surface area contributed by atoms with Crippen LogP contribution >= 0.6 is 0 Å². The van der Waals surface area contributed by atoms with Gasteiger partial charge in [0.1, 0.15) is 4.91 Å². The van der Waals surface area contributed by atoms with Gasteiger partial charge in [-0.25, -0.2) is 12.7 Å². The van der Waals surface area contributed by atoms with Crippen LogP contribution in [0.25, 0.3) is 4.91 Å². The fraction of sp³-hybridized carbons (Fsp3) is 0.308. The number of amides is 1. The Kier molecular flexibility index (Phi) is 3.52. The van der Waals surface area contributed by atoms with E-state index in [4.69, 9.17) is 0 Å². The van der Waals surface area contributed by atoms with E-state index in [0.29, 0.717) is 12.0 Å². The summed E-state index contributed by atoms with van der Waals surface area (Å²) >= 11 is 0. The zero-order chi connectivity index (χ0) is 13.2. The van der Waals surface area contributed by atoms with Crippen molar-refractivity contribution in [2.24, 2.45) is 0 Å². The van der Waals surface area contributed by atoms with Crippen molar-refractivity contribution in [3.05, 3.63) is 42.0 Å². The second kappa shape index (κ2) is 4.94. The standard InChI is InChI=1S/C13H15NO3S/c1-2-3-9-14-13(15)10-12(18(14,16)17)11-7-5-4-6-8-11/h4-8,10H,2-3,9H2,1H3. The van der Waals surface area contributed by atoms with Gasteiger partial charge in [0.25, 0.3) is 15.9 Å². The van der Waals surface area contributed by atoms with Crippen LogP contribution in [0.3, 0.4) is 0 Å². The summed E-state index contributed by atoms with van der Waals surface area (Å²) in [6.07, 6.45) is 2.74. The molecule has 0 bridgehead atoms. The molecule has 0 saturated carbocycles. The zero-order valence-electron chi connectivity index (χ0n) is 10.2. The minimum absolute atomic E-state index is 0.101. The summed E-state index contributed by atoms with van der Waals surface area (Å²) in [5, 5.41) is 0. The van der Waals surface area contributed by atoms with Crippen molar-refractivity contribution in [1.29, 1.82) is 0 Å². The normalized spacial score (nSPS) is 17.9. The third kappa shape index (κ3) is 2.18. The molecule has 0 saturated heterocycles. The number of rotatable bonds is 4. The van der Waals surface area contributed by atoms with Crippen LogP contribution in [0.4, 0.5) is 0 Å². The van der Waals surface area contributed by atoms with Crippen LogP contribution < -0.4 is 0 Å². The third-order valence-corrected chi connectivity index (χ3v) is 4.69. The quantitative estimate of drug-likeness (QED) is 0.836. The summed E-state index contributed by atoms with van der Waals surface area (Å²) in [7, 11) is -3.66. The molecule has 0 unspecified atom stereocenters. The smallest absolute Gasteiger partial charge is 0.267 e. The lowest BCUT2D eigenvalue weighted by Crippen LogP contribution is -2.31. The maximum atomic E-state index is 12.2. The molecule has 5 heteroatoms. The predicted molar refractivity (Wildman–Crippen MR) is 70.0 cm³/mol. The highest BCUT2D eigenvalue weighted by molar-refractivity contribution is 7.99. The Labute approximate surface area is 107 Å². The van der Waals surface area contributed by atoms with Crippen molar-refractivity contribution < 1.29 is 13.2 Å². The SMILES string of the molecule is CCCCN1C(=O)C=C(c2ccccc2)S1(=O)=O. The average molecular weight is 265 g/mol. The molecule has 0 radical (unpaired) electrons. The van der Waals surface area contributed by atoms with E-state index in [-0.39, 0.29) is 11.4 Å². The van der Waals surface area contributed by atoms with Crippen LogP contribution in [-0.4, -0.2) is 25.2 Å². The van der Waals surface area contributed by atoms with E-state index >= 15 is 0 Å². The van der Waals surface area contributed by atoms with Crippen LogP contribution in [0.1, 0.15) is 25.3 Å². The number of hydrogen-bond acceptors (Lipinski definition) is 3. The molecule has 96 valence electrons. The molecule has 2 rings (SSSR count). The minimum atomic E-state index is -3.66. The van der Waals surface area contributed by atoms with Crippen LogP contribution in [0, 0.1) is 0 Å². The molecule has 0 aliphatic carbocycles. The maximum Gasteiger partial charge on any atom is 0.267 e. The largest absolute Gasteiger partial charge is 0.269 e. The first-order chi connectivity index (χ1) is 8.57. The molecule has 1 heterocycles. The number of nitrogens with zero attached hydrogens (tertiary/aromatic N) is 1. The van der Waals surface area contributed by atoms with Gasteiger partial charge in [-0.3, -0.25) is 4.79 Å². The van der Waals surface area contributed by atoms with Gasteiger partial charge >= 0.3 is 0 Å². The summed E-state index contributed by atoms with van der Waals surface area (Å²) < 4.78 is 25.5. The first kappa shape index (κ1) is 12.8. The van der Waals surface area contributed by atoms with Crippen LogP contribution in [0.5, 0.6) is 0 Å². The van der Waals surface area contributed by atoms with E-state index < -0.39 is 15.9 Å². The molecule has 1 aromatic rings. The first-order valence-corrected chi connectivity index (χ1v) is 7.35. The summed E-state index contributed by atoms with van der Waals surface area (Å²) in [4.78, 5) is 11.9. The van der Waals surface area contributed by atoms with E-state index in [1.54, 1.807) is 24.3 Å². The van der Waals surface area contributed by atoms with Gasteiger partial charge in [0.15, 0.2) is 0 Å². The lowest BCUT2D eigenvalue weighted by atomic mass is 10.2. The topological polar surface area (TPSA) is 54.5 Å². The molecule has 18 heavy (non-hydrogen) atoms. The Bertz CT molecular complexity index is 576. The van der Waals surface area contributed by atoms with Gasteiger partial charge in [0, 0.05) is 12.6 Å². The predicted octanol–water partition coefficient (Wildman–Crippen LogP) is 2.00. The summed E-state index contributed by atoms with van der Waals surface area (Å²) in [6.45, 7) is 2.21. The zero-order valence-corrected chi connectivity index (χ0v) is 11.0. The molecule has 1 aliphatic heterocycles. The highest BCUT2D eigenvalue weighted by Crippen LogP contribution is 2.30. The lowest BCUT2D eigenvalue weighted by Gasteiger charge is -2.16. The molecule has 1 aliphatic rings. The maximum absolute atomic E-state index is 12.2. The van der Waals surface area contributed by atoms with Gasteiger partial charge in [-0.2, -0.15) is 0 Å². The van der Waals surface area contributed by atoms with Crippen molar-refractivity contribution >= 4 is 20.8 Å². The van der Waals surface area contributed by atoms with Crippen molar-refractivity contribution in [3.63, 3.8) is 0 Å². The molecule has 0 spiro atoms. The minimum Gasteiger partial charge on any atom is -0.269 e. The third-order valence-electron chi connectivity index (χ3n) is 2.84. The van der Waals surface area contributed by atoms with Crippen LogP contribution in [-0.2, 0) is 14.8 Å². The van der Waals surface area contributed by atoms with E-state index in [9.17, 15) is 13.2 Å². The second-order valence-electron chi connectivity index (χ2n) is 4.14. The van der Waals surface area contributed by atoms with E-state index in [0.717, 1.165) is 10.7 Å². The fourth-order valence-electron chi connectivity index (χ4n) is 1.86. The van der Waals surface area contributed by atoms with Gasteiger partial charge in [-0.1, -0.05) is 43.7 Å². The van der Waals surface area contributed by atoms with Gasteiger partial charge in [0.2, 0.25) is 0 Å². The number of benzene rings is 1. The van der Waals surface area contributed by atoms with E-state index in [1.165, 1.54) is 6.08 Å². The first-order valence-electron chi connectivity index (χ1n) is 5.91. The van der Waals surface area contributed by atoms with Crippen LogP contribution in [0.15, 0.2) is 36.4 Å². The highest BCUT2D eigenvalue weighted by Gasteiger charge is 2.37. The number of carbonyl (C=O) groups excluding carboxylic acids is 1. The average Bonchev–Trinajstić information content (AvgIpc) is 2.59. The molecule has 1 amide bonds. The number of hydrogen-bond donors (Lipinski definition) is 0. The summed E-state index contributed by atoms with van der Waals surface area (Å²) in [6, 6.07) is 8.71. The number of sulfonamides is 1. The van der Waals surface area contributed by atoms with Crippen molar-refractivity contribution in [3.8, 4) is 0 Å². The Morgan fingerprint density at radius 2 is 1.83 bits per heavy atom. The summed E-state index contributed by atoms with van der Waals surface area (Å²) in [5.74, 6) is -0.442. The van der Waals surface area contributed by atoms with Gasteiger partial charge < -0.3 is 0 Å². The molecule has 1 aromatic carbocycles. The molecule has 0 N–H and O–H groups in total. The highest BCUT2D eigenvalue weighted by atomic mass is 32.2. The molecule has 0 fully saturated rings. The van der Waals surface area contributed by atoms with Crippen molar-refractivity contribution in [2.75, 3.05) is 6.54 Å². The molecule has 0 atom stereocenters. The Hall–Kier alpha value is -1.62. The molecular weight excluding hydrogens is 250 g/mol. The number of unbranched alkanes of at least 4 members (excludes halogenated alkanes) is 1. The molecular formula is C13H15NO3S. The van der Waals surface area contributed by atoms with Gasteiger partial charge in [0.05, 0.1) is 0 Å². The molecule has 0 aromatic heterocycles. The van der Waals surface area contributed by atoms with E-state index in [2.05, 4.69) is 0 Å². The van der Waals surface area contributed by atoms with E-state index in [1.807, 2.05) is 13.0 Å².